The number of hydrogen-bond acceptors (Lipinski definition) is 4. The van der Waals surface area contributed by atoms with E-state index in [9.17, 15) is 31.1 Å². The van der Waals surface area contributed by atoms with E-state index in [0.717, 1.165) is 35.6 Å². The first-order chi connectivity index (χ1) is 15.5. The van der Waals surface area contributed by atoms with Crippen molar-refractivity contribution in [3.63, 3.8) is 0 Å². The van der Waals surface area contributed by atoms with Crippen LogP contribution < -0.4 is 5.32 Å². The fourth-order valence-electron chi connectivity index (χ4n) is 3.97. The van der Waals surface area contributed by atoms with E-state index in [1.165, 1.54) is 0 Å². The van der Waals surface area contributed by atoms with Gasteiger partial charge in [-0.15, -0.1) is 0 Å². The van der Waals surface area contributed by atoms with E-state index in [1.54, 1.807) is 0 Å². The molecule has 0 aromatic heterocycles. The van der Waals surface area contributed by atoms with Crippen LogP contribution in [0.1, 0.15) is 42.4 Å². The molecule has 4 nitrogen and oxygen atoms in total. The lowest BCUT2D eigenvalue weighted by atomic mass is 9.95. The van der Waals surface area contributed by atoms with Gasteiger partial charge < -0.3 is 5.32 Å². The lowest BCUT2D eigenvalue weighted by molar-refractivity contribution is -0.143. The number of rotatable bonds is 5. The van der Waals surface area contributed by atoms with E-state index in [-0.39, 0.29) is 29.3 Å². The molecule has 2 heterocycles. The highest BCUT2D eigenvalue weighted by molar-refractivity contribution is 8.18. The second-order valence-corrected chi connectivity index (χ2v) is 9.67. The van der Waals surface area contributed by atoms with Gasteiger partial charge in [-0.2, -0.15) is 26.3 Å². The maximum Gasteiger partial charge on any atom is 0.416 e. The van der Waals surface area contributed by atoms with E-state index in [2.05, 4.69) is 10.3 Å². The van der Waals surface area contributed by atoms with Gasteiger partial charge in [0, 0.05) is 13.1 Å². The van der Waals surface area contributed by atoms with Crippen molar-refractivity contribution < 1.29 is 31.1 Å². The third-order valence-corrected chi connectivity index (χ3v) is 6.85. The maximum atomic E-state index is 13.4. The molecule has 1 aromatic carbocycles. The van der Waals surface area contributed by atoms with Crippen LogP contribution in [0.5, 0.6) is 0 Å². The summed E-state index contributed by atoms with van der Waals surface area (Å²) in [5, 5.41) is 2.59. The molecule has 33 heavy (non-hydrogen) atoms. The van der Waals surface area contributed by atoms with Gasteiger partial charge in [0.1, 0.15) is 5.84 Å². The molecule has 1 aliphatic carbocycles. The molecular weight excluding hydrogens is 468 g/mol. The number of carbonyl (C=O) groups excluding carboxylic acids is 1. The number of aliphatic imine (C=N–C) groups is 1. The molecule has 1 saturated carbocycles. The van der Waals surface area contributed by atoms with Crippen LogP contribution in [-0.2, 0) is 18.9 Å². The fourth-order valence-corrected chi connectivity index (χ4v) is 4.79. The molecule has 4 rings (SSSR count). The smallest absolute Gasteiger partial charge is 0.300 e. The Labute approximate surface area is 191 Å². The van der Waals surface area contributed by atoms with Crippen molar-refractivity contribution in [2.75, 3.05) is 19.6 Å². The van der Waals surface area contributed by atoms with Crippen LogP contribution >= 0.6 is 11.8 Å². The average molecular weight is 492 g/mol. The maximum absolute atomic E-state index is 13.4. The molecule has 0 spiro atoms. The summed E-state index contributed by atoms with van der Waals surface area (Å²) in [7, 11) is 0. The van der Waals surface area contributed by atoms with Crippen LogP contribution in [0.25, 0.3) is 0 Å². The van der Waals surface area contributed by atoms with Crippen LogP contribution in [0, 0.1) is 11.8 Å². The minimum absolute atomic E-state index is 0.0703. The number of alkyl halides is 6. The zero-order valence-electron chi connectivity index (χ0n) is 17.6. The molecule has 1 N–H and O–H groups in total. The number of benzene rings is 1. The fraction of sp³-hybridized carbons (Fsp3) is 0.545. The summed E-state index contributed by atoms with van der Waals surface area (Å²) in [6, 6.07) is 1.82. The highest BCUT2D eigenvalue weighted by Crippen LogP contribution is 2.38. The predicted octanol–water partition coefficient (Wildman–Crippen LogP) is 6.09. The number of amides is 1. The number of nitrogens with zero attached hydrogens (tertiary/aromatic N) is 2. The monoisotopic (exact) mass is 491 g/mol. The lowest BCUT2D eigenvalue weighted by Gasteiger charge is -2.31. The van der Waals surface area contributed by atoms with Crippen molar-refractivity contribution in [1.82, 2.24) is 10.2 Å². The van der Waals surface area contributed by atoms with Crippen molar-refractivity contribution >= 4 is 22.8 Å². The summed E-state index contributed by atoms with van der Waals surface area (Å²) in [4.78, 5) is 18.9. The third kappa shape index (κ3) is 6.32. The first kappa shape index (κ1) is 24.1. The second-order valence-electron chi connectivity index (χ2n) is 8.66. The number of amidine groups is 1. The number of carbonyl (C=O) groups is 1. The van der Waals surface area contributed by atoms with Crippen LogP contribution in [0.15, 0.2) is 34.2 Å². The first-order valence-electron chi connectivity index (χ1n) is 10.7. The van der Waals surface area contributed by atoms with E-state index in [4.69, 9.17) is 0 Å². The van der Waals surface area contributed by atoms with Gasteiger partial charge >= 0.3 is 12.4 Å². The van der Waals surface area contributed by atoms with Gasteiger partial charge in [0.25, 0.3) is 5.24 Å². The van der Waals surface area contributed by atoms with Crippen molar-refractivity contribution in [1.29, 1.82) is 0 Å². The second kappa shape index (κ2) is 9.32. The highest BCUT2D eigenvalue weighted by atomic mass is 32.2. The quantitative estimate of drug-likeness (QED) is 0.508. The van der Waals surface area contributed by atoms with Crippen molar-refractivity contribution in [3.05, 3.63) is 45.9 Å². The Hall–Kier alpha value is -2.01. The molecule has 1 aromatic rings. The number of likely N-dealkylation sites (tertiary alicyclic amines) is 1. The lowest BCUT2D eigenvalue weighted by Crippen LogP contribution is -2.33. The van der Waals surface area contributed by atoms with Gasteiger partial charge in [-0.05, 0) is 80.1 Å². The molecule has 0 radical (unpaired) electrons. The molecule has 11 heteroatoms. The SMILES string of the molecule is O=C1NC(=NCC2CC2)C(=CC2CCN(Cc3ccc(C(F)(F)F)cc3C(F)(F)F)CC2)S1. The predicted molar refractivity (Wildman–Crippen MR) is 114 cm³/mol. The number of halogens is 6. The Morgan fingerprint density at radius 1 is 1.06 bits per heavy atom. The first-order valence-corrected chi connectivity index (χ1v) is 11.6. The van der Waals surface area contributed by atoms with Crippen LogP contribution in [-0.4, -0.2) is 35.6 Å². The number of nitrogens with one attached hydrogen (secondary N) is 1. The van der Waals surface area contributed by atoms with Crippen LogP contribution in [0.3, 0.4) is 0 Å². The summed E-state index contributed by atoms with van der Waals surface area (Å²) in [6.07, 6.45) is -4.03. The third-order valence-electron chi connectivity index (χ3n) is 6.02. The number of piperidine rings is 1. The van der Waals surface area contributed by atoms with Crippen LogP contribution in [0.4, 0.5) is 31.1 Å². The topological polar surface area (TPSA) is 44.7 Å². The Balaban J connectivity index is 1.40. The molecule has 1 amide bonds. The molecule has 0 atom stereocenters. The van der Waals surface area contributed by atoms with Crippen LogP contribution in [0.2, 0.25) is 0 Å². The Kier molecular flexibility index (Phi) is 6.82. The molecule has 0 bridgehead atoms. The number of hydrogen-bond donors (Lipinski definition) is 1. The molecular formula is C22H23F6N3OS. The highest BCUT2D eigenvalue weighted by Gasteiger charge is 2.38. The molecule has 3 aliphatic rings. The molecule has 2 aliphatic heterocycles. The standard InChI is InChI=1S/C22H23F6N3OS/c23-21(24,25)16-4-3-15(17(10-16)22(26,27)28)12-31-7-5-13(6-8-31)9-18-19(30-20(32)33-18)29-11-14-1-2-14/h3-4,9-10,13-14H,1-2,5-8,11-12H2,(H,29,30,32). The average Bonchev–Trinajstić information content (AvgIpc) is 3.49. The van der Waals surface area contributed by atoms with Gasteiger partial charge in [-0.1, -0.05) is 12.1 Å². The molecule has 2 saturated heterocycles. The van der Waals surface area contributed by atoms with Crippen molar-refractivity contribution in [2.24, 2.45) is 16.8 Å². The van der Waals surface area contributed by atoms with Gasteiger partial charge in [0.15, 0.2) is 0 Å². The van der Waals surface area contributed by atoms with Gasteiger partial charge in [-0.25, -0.2) is 0 Å². The van der Waals surface area contributed by atoms with E-state index >= 15 is 0 Å². The zero-order chi connectivity index (χ0) is 23.8. The Morgan fingerprint density at radius 3 is 2.36 bits per heavy atom. The summed E-state index contributed by atoms with van der Waals surface area (Å²) in [5.74, 6) is 1.34. The zero-order valence-corrected chi connectivity index (χ0v) is 18.4. The van der Waals surface area contributed by atoms with E-state index in [1.807, 2.05) is 11.0 Å². The summed E-state index contributed by atoms with van der Waals surface area (Å²) >= 11 is 1.10. The normalized spacial score (nSPS) is 23.5. The molecule has 3 fully saturated rings. The van der Waals surface area contributed by atoms with Crippen molar-refractivity contribution in [2.45, 2.75) is 44.6 Å². The summed E-state index contributed by atoms with van der Waals surface area (Å²) in [6.45, 7) is 1.64. The minimum atomic E-state index is -4.87. The van der Waals surface area contributed by atoms with Crippen molar-refractivity contribution in [3.8, 4) is 0 Å². The van der Waals surface area contributed by atoms with E-state index in [0.29, 0.717) is 50.3 Å². The van der Waals surface area contributed by atoms with Gasteiger partial charge in [0.2, 0.25) is 0 Å². The van der Waals surface area contributed by atoms with Gasteiger partial charge in [0.05, 0.1) is 16.0 Å². The minimum Gasteiger partial charge on any atom is -0.300 e. The largest absolute Gasteiger partial charge is 0.416 e. The number of thioether (sulfide) groups is 1. The molecule has 180 valence electrons. The van der Waals surface area contributed by atoms with E-state index < -0.39 is 23.5 Å². The Bertz CT molecular complexity index is 960. The summed E-state index contributed by atoms with van der Waals surface area (Å²) < 4.78 is 78.9. The number of allylic oxidation sites excluding steroid dienone is 1. The van der Waals surface area contributed by atoms with Gasteiger partial charge in [-0.3, -0.25) is 14.7 Å². The molecule has 0 unspecified atom stereocenters. The summed E-state index contributed by atoms with van der Waals surface area (Å²) in [5.41, 5.74) is -2.71. The Morgan fingerprint density at radius 2 is 1.76 bits per heavy atom.